The Morgan fingerprint density at radius 3 is 2.67 bits per heavy atom. The van der Waals surface area contributed by atoms with E-state index in [2.05, 4.69) is 43.4 Å². The predicted molar refractivity (Wildman–Crippen MR) is 130 cm³/mol. The number of rotatable bonds is 6. The summed E-state index contributed by atoms with van der Waals surface area (Å²) in [4.78, 5) is 21.8. The van der Waals surface area contributed by atoms with Gasteiger partial charge in [-0.15, -0.1) is 0 Å². The third-order valence-electron chi connectivity index (χ3n) is 7.61. The van der Waals surface area contributed by atoms with Crippen LogP contribution in [0.15, 0.2) is 36.7 Å². The monoisotopic (exact) mass is 444 g/mol. The van der Waals surface area contributed by atoms with Crippen LogP contribution in [0, 0.1) is 11.8 Å². The number of hydrogen-bond acceptors (Lipinski definition) is 5. The van der Waals surface area contributed by atoms with E-state index in [9.17, 15) is 4.79 Å². The van der Waals surface area contributed by atoms with E-state index >= 15 is 0 Å². The van der Waals surface area contributed by atoms with Gasteiger partial charge in [-0.2, -0.15) is 5.10 Å². The van der Waals surface area contributed by atoms with Crippen molar-refractivity contribution in [2.45, 2.75) is 32.2 Å². The van der Waals surface area contributed by atoms with E-state index in [4.69, 9.17) is 0 Å². The zero-order chi connectivity index (χ0) is 22.4. The van der Waals surface area contributed by atoms with Gasteiger partial charge < -0.3 is 5.32 Å². The zero-order valence-electron chi connectivity index (χ0n) is 19.3. The third kappa shape index (κ3) is 4.39. The van der Waals surface area contributed by atoms with Crippen LogP contribution in [-0.4, -0.2) is 63.2 Å². The van der Waals surface area contributed by atoms with Crippen LogP contribution in [0.1, 0.15) is 31.4 Å². The number of nitrogens with zero attached hydrogens (tertiary/aromatic N) is 5. The number of likely N-dealkylation sites (tertiary alicyclic amines) is 2. The fourth-order valence-corrected chi connectivity index (χ4v) is 5.61. The number of carbonyl (C=O) groups is 1. The lowest BCUT2D eigenvalue weighted by molar-refractivity contribution is -0.117. The van der Waals surface area contributed by atoms with Crippen LogP contribution in [0.25, 0.3) is 21.9 Å². The summed E-state index contributed by atoms with van der Waals surface area (Å²) < 4.78 is 2.01. The van der Waals surface area contributed by atoms with E-state index in [0.29, 0.717) is 12.4 Å². The molecule has 2 saturated heterocycles. The lowest BCUT2D eigenvalue weighted by Crippen LogP contribution is -2.32. The van der Waals surface area contributed by atoms with Gasteiger partial charge in [0.1, 0.15) is 5.82 Å². The molecule has 2 atom stereocenters. The molecule has 0 spiro atoms. The normalized spacial score (nSPS) is 23.1. The Hall–Kier alpha value is -2.77. The summed E-state index contributed by atoms with van der Waals surface area (Å²) >= 11 is 0. The van der Waals surface area contributed by atoms with E-state index < -0.39 is 0 Å². The average Bonchev–Trinajstić information content (AvgIpc) is 3.26. The molecule has 1 amide bonds. The summed E-state index contributed by atoms with van der Waals surface area (Å²) in [6.45, 7) is 5.85. The third-order valence-corrected chi connectivity index (χ3v) is 7.61. The van der Waals surface area contributed by atoms with Crippen molar-refractivity contribution in [3.8, 4) is 11.1 Å². The topological polar surface area (TPSA) is 66.3 Å². The van der Waals surface area contributed by atoms with Crippen LogP contribution in [0.4, 0.5) is 5.82 Å². The van der Waals surface area contributed by atoms with Crippen molar-refractivity contribution in [2.75, 3.05) is 38.0 Å². The van der Waals surface area contributed by atoms with Crippen molar-refractivity contribution in [1.82, 2.24) is 24.6 Å². The molecule has 1 aliphatic carbocycles. The van der Waals surface area contributed by atoms with Crippen LogP contribution >= 0.6 is 0 Å². The molecule has 0 radical (unpaired) electrons. The highest BCUT2D eigenvalue weighted by Crippen LogP contribution is 2.44. The van der Waals surface area contributed by atoms with E-state index in [-0.39, 0.29) is 5.91 Å². The molecule has 1 N–H and O–H groups in total. The quantitative estimate of drug-likeness (QED) is 0.630. The van der Waals surface area contributed by atoms with Gasteiger partial charge in [-0.1, -0.05) is 18.6 Å². The van der Waals surface area contributed by atoms with Gasteiger partial charge >= 0.3 is 0 Å². The Kier molecular flexibility index (Phi) is 5.38. The number of carbonyl (C=O) groups excluding carboxylic acids is 1. The maximum Gasteiger partial charge on any atom is 0.239 e. The van der Waals surface area contributed by atoms with E-state index in [1.165, 1.54) is 36.9 Å². The number of aryl methyl sites for hydroxylation is 1. The molecular weight excluding hydrogens is 412 g/mol. The standard InChI is InChI=1S/C26H32N6O/c1-30-24(16-31-7-3-2-4-8-31)23(13-28-30)18-5-6-19-12-27-25(11-20(19)9-18)29-26(33)17-32-14-21-10-22(21)15-32/h5-6,9,11-13,21-22H,2-4,7-8,10,14-17H2,1H3,(H,27,29,33). The van der Waals surface area contributed by atoms with Crippen molar-refractivity contribution in [3.63, 3.8) is 0 Å². The molecule has 7 nitrogen and oxygen atoms in total. The van der Waals surface area contributed by atoms with Gasteiger partial charge in [-0.05, 0) is 67.3 Å². The van der Waals surface area contributed by atoms with E-state index in [1.807, 2.05) is 30.2 Å². The predicted octanol–water partition coefficient (Wildman–Crippen LogP) is 3.51. The van der Waals surface area contributed by atoms with E-state index in [1.54, 1.807) is 0 Å². The van der Waals surface area contributed by atoms with Crippen molar-refractivity contribution < 1.29 is 4.79 Å². The Morgan fingerprint density at radius 2 is 1.85 bits per heavy atom. The summed E-state index contributed by atoms with van der Waals surface area (Å²) in [5.41, 5.74) is 3.59. The largest absolute Gasteiger partial charge is 0.310 e. The van der Waals surface area contributed by atoms with Crippen LogP contribution in [0.3, 0.4) is 0 Å². The highest BCUT2D eigenvalue weighted by molar-refractivity contribution is 5.95. The molecule has 3 fully saturated rings. The van der Waals surface area contributed by atoms with Crippen molar-refractivity contribution in [3.05, 3.63) is 42.4 Å². The molecule has 172 valence electrons. The number of pyridine rings is 1. The van der Waals surface area contributed by atoms with Gasteiger partial charge in [0.15, 0.2) is 0 Å². The van der Waals surface area contributed by atoms with Crippen LogP contribution < -0.4 is 5.32 Å². The molecule has 7 heteroatoms. The Morgan fingerprint density at radius 1 is 1.03 bits per heavy atom. The first-order valence-electron chi connectivity index (χ1n) is 12.3. The summed E-state index contributed by atoms with van der Waals surface area (Å²) in [5, 5.41) is 9.72. The molecule has 4 heterocycles. The van der Waals surface area contributed by atoms with Crippen LogP contribution in [0.2, 0.25) is 0 Å². The second kappa shape index (κ2) is 8.54. The molecular formula is C26H32N6O. The Bertz CT molecular complexity index is 1170. The second-order valence-corrected chi connectivity index (χ2v) is 10.1. The SMILES string of the molecule is Cn1ncc(-c2ccc3cnc(NC(=O)CN4CC5CC5C4)cc3c2)c1CN1CCCCC1. The molecule has 3 aliphatic rings. The number of fused-ring (bicyclic) bond motifs is 2. The Balaban J connectivity index is 1.20. The number of nitrogens with one attached hydrogen (secondary N) is 1. The minimum atomic E-state index is 0.0235. The summed E-state index contributed by atoms with van der Waals surface area (Å²) in [6, 6.07) is 8.44. The first-order valence-corrected chi connectivity index (χ1v) is 12.3. The van der Waals surface area contributed by atoms with Gasteiger partial charge in [0.25, 0.3) is 0 Å². The van der Waals surface area contributed by atoms with Gasteiger partial charge in [0, 0.05) is 43.8 Å². The van der Waals surface area contributed by atoms with Gasteiger partial charge in [0.05, 0.1) is 18.4 Å². The average molecular weight is 445 g/mol. The molecule has 2 unspecified atom stereocenters. The molecule has 2 aromatic heterocycles. The molecule has 2 aliphatic heterocycles. The fraction of sp³-hybridized carbons (Fsp3) is 0.500. The molecule has 0 bridgehead atoms. The van der Waals surface area contributed by atoms with Gasteiger partial charge in [-0.3, -0.25) is 19.3 Å². The highest BCUT2D eigenvalue weighted by Gasteiger charge is 2.45. The molecule has 33 heavy (non-hydrogen) atoms. The van der Waals surface area contributed by atoms with E-state index in [0.717, 1.165) is 60.9 Å². The first-order chi connectivity index (χ1) is 16.1. The fourth-order valence-electron chi connectivity index (χ4n) is 5.61. The van der Waals surface area contributed by atoms with Crippen LogP contribution in [-0.2, 0) is 18.4 Å². The molecule has 3 aromatic rings. The maximum absolute atomic E-state index is 12.5. The van der Waals surface area contributed by atoms with Gasteiger partial charge in [0.2, 0.25) is 5.91 Å². The minimum Gasteiger partial charge on any atom is -0.310 e. The highest BCUT2D eigenvalue weighted by atomic mass is 16.2. The van der Waals surface area contributed by atoms with Crippen molar-refractivity contribution in [1.29, 1.82) is 0 Å². The lowest BCUT2D eigenvalue weighted by atomic mass is 10.0. The molecule has 6 rings (SSSR count). The summed E-state index contributed by atoms with van der Waals surface area (Å²) in [7, 11) is 2.03. The first kappa shape index (κ1) is 20.8. The Labute approximate surface area is 194 Å². The smallest absolute Gasteiger partial charge is 0.239 e. The molecule has 1 saturated carbocycles. The summed E-state index contributed by atoms with van der Waals surface area (Å²) in [5.74, 6) is 2.31. The van der Waals surface area contributed by atoms with Crippen molar-refractivity contribution in [2.24, 2.45) is 18.9 Å². The lowest BCUT2D eigenvalue weighted by Gasteiger charge is -2.26. The summed E-state index contributed by atoms with van der Waals surface area (Å²) in [6.07, 6.45) is 9.07. The number of hydrogen-bond donors (Lipinski definition) is 1. The van der Waals surface area contributed by atoms with Crippen molar-refractivity contribution >= 4 is 22.5 Å². The minimum absolute atomic E-state index is 0.0235. The van der Waals surface area contributed by atoms with Crippen LogP contribution in [0.5, 0.6) is 0 Å². The maximum atomic E-state index is 12.5. The second-order valence-electron chi connectivity index (χ2n) is 10.1. The number of piperidine rings is 2. The zero-order valence-corrected chi connectivity index (χ0v) is 19.3. The number of aromatic nitrogens is 3. The number of benzene rings is 1. The molecule has 1 aromatic carbocycles. The number of anilines is 1. The number of amides is 1. The van der Waals surface area contributed by atoms with Gasteiger partial charge in [-0.25, -0.2) is 4.98 Å².